The number of aromatic nitrogens is 1. The number of amides is 1. The normalized spacial score (nSPS) is 11.5. The van der Waals surface area contributed by atoms with Crippen molar-refractivity contribution in [1.82, 2.24) is 10.0 Å². The van der Waals surface area contributed by atoms with Crippen molar-refractivity contribution in [3.8, 4) is 6.07 Å². The second kappa shape index (κ2) is 10.6. The first-order valence-corrected chi connectivity index (χ1v) is 9.00. The molecular formula is C19H21F2N7O3. The number of rotatable bonds is 9. The van der Waals surface area contributed by atoms with Crippen LogP contribution in [0, 0.1) is 11.3 Å². The summed E-state index contributed by atoms with van der Waals surface area (Å²) in [5, 5.41) is 25.4. The number of nitrogens with two attached hydrogens (primary N) is 2. The van der Waals surface area contributed by atoms with Crippen LogP contribution in [-0.4, -0.2) is 41.5 Å². The van der Waals surface area contributed by atoms with Crippen LogP contribution in [0.2, 0.25) is 0 Å². The predicted octanol–water partition coefficient (Wildman–Crippen LogP) is 0.153. The number of pyridine rings is 1. The molecule has 164 valence electrons. The molecule has 12 heteroatoms. The molecule has 2 rings (SSSR count). The third-order valence-electron chi connectivity index (χ3n) is 3.95. The molecule has 0 radical (unpaired) electrons. The predicted molar refractivity (Wildman–Crippen MR) is 106 cm³/mol. The molecule has 0 saturated carbocycles. The van der Waals surface area contributed by atoms with E-state index >= 15 is 0 Å². The fourth-order valence-corrected chi connectivity index (χ4v) is 2.49. The summed E-state index contributed by atoms with van der Waals surface area (Å²) in [5.41, 5.74) is 9.60. The summed E-state index contributed by atoms with van der Waals surface area (Å²) in [6, 6.07) is 11.5. The van der Waals surface area contributed by atoms with E-state index in [4.69, 9.17) is 16.3 Å². The van der Waals surface area contributed by atoms with E-state index in [0.29, 0.717) is 4.73 Å². The monoisotopic (exact) mass is 433 g/mol. The van der Waals surface area contributed by atoms with Crippen molar-refractivity contribution in [2.24, 2.45) is 21.6 Å². The molecule has 0 atom stereocenters. The molecule has 10 nitrogen and oxygen atoms in total. The van der Waals surface area contributed by atoms with Crippen molar-refractivity contribution in [2.45, 2.75) is 12.3 Å². The smallest absolute Gasteiger partial charge is 0.292 e. The summed E-state index contributed by atoms with van der Waals surface area (Å²) in [4.78, 5) is 20.6. The van der Waals surface area contributed by atoms with Gasteiger partial charge in [0, 0.05) is 5.56 Å². The average Bonchev–Trinajstić information content (AvgIpc) is 2.74. The van der Waals surface area contributed by atoms with Crippen molar-refractivity contribution in [3.05, 3.63) is 64.8 Å². The highest BCUT2D eigenvalue weighted by Gasteiger charge is 2.30. The van der Waals surface area contributed by atoms with Crippen LogP contribution >= 0.6 is 0 Å². The van der Waals surface area contributed by atoms with Crippen molar-refractivity contribution in [1.29, 1.82) is 5.26 Å². The van der Waals surface area contributed by atoms with Gasteiger partial charge in [0.2, 0.25) is 11.9 Å². The number of hydrogen-bond acceptors (Lipinski definition) is 6. The molecule has 1 amide bonds. The molecule has 0 aliphatic carbocycles. The fourth-order valence-electron chi connectivity index (χ4n) is 2.49. The van der Waals surface area contributed by atoms with Crippen LogP contribution < -0.4 is 22.3 Å². The summed E-state index contributed by atoms with van der Waals surface area (Å²) >= 11 is 0. The zero-order valence-corrected chi connectivity index (χ0v) is 16.3. The van der Waals surface area contributed by atoms with Gasteiger partial charge in [0.25, 0.3) is 5.92 Å². The van der Waals surface area contributed by atoms with Crippen LogP contribution in [0.1, 0.15) is 16.8 Å². The first kappa shape index (κ1) is 23.1. The van der Waals surface area contributed by atoms with E-state index in [1.54, 1.807) is 6.07 Å². The zero-order chi connectivity index (χ0) is 22.9. The molecule has 0 unspecified atom stereocenters. The highest BCUT2D eigenvalue weighted by Crippen LogP contribution is 2.27. The molecule has 1 aromatic heterocycles. The van der Waals surface area contributed by atoms with E-state index in [0.717, 1.165) is 0 Å². The quantitative estimate of drug-likeness (QED) is 0.145. The summed E-state index contributed by atoms with van der Waals surface area (Å²) in [6.07, 6.45) is -0.403. The number of carbonyl (C=O) groups is 1. The Morgan fingerprint density at radius 3 is 2.61 bits per heavy atom. The van der Waals surface area contributed by atoms with Gasteiger partial charge in [0.1, 0.15) is 19.2 Å². The number of nitrogens with zero attached hydrogens (tertiary/aromatic N) is 4. The molecule has 0 spiro atoms. The number of nitriles is 1. The number of hydrogen-bond donors (Lipinski definition) is 4. The Bertz CT molecular complexity index is 1040. The van der Waals surface area contributed by atoms with E-state index in [9.17, 15) is 24.0 Å². The minimum absolute atomic E-state index is 0.0109. The van der Waals surface area contributed by atoms with Gasteiger partial charge in [-0.1, -0.05) is 30.3 Å². The standard InChI is InChI=1S/C19H21F2N7O3/c20-19(21,14-4-2-1-3-5-14)12-26-16-7-6-13(11-22)15(28(16)30)10-17(29)25-8-9-31-27-18(23)24/h1-7,30H,8-10,12H2,(H,25,29)(H4,23,24,27). The lowest BCUT2D eigenvalue weighted by Gasteiger charge is -2.14. The van der Waals surface area contributed by atoms with Crippen molar-refractivity contribution in [2.75, 3.05) is 19.7 Å². The van der Waals surface area contributed by atoms with Gasteiger partial charge in [-0.3, -0.25) is 9.79 Å². The molecule has 6 N–H and O–H groups in total. The fraction of sp³-hybridized carbons (Fsp3) is 0.263. The molecule has 2 aromatic rings. The van der Waals surface area contributed by atoms with Crippen LogP contribution in [0.3, 0.4) is 0 Å². The van der Waals surface area contributed by atoms with Crippen LogP contribution in [0.5, 0.6) is 0 Å². The third kappa shape index (κ3) is 6.70. The Kier molecular flexibility index (Phi) is 7.90. The second-order valence-electron chi connectivity index (χ2n) is 6.24. The molecule has 0 aliphatic heterocycles. The van der Waals surface area contributed by atoms with E-state index in [1.165, 1.54) is 36.4 Å². The van der Waals surface area contributed by atoms with Gasteiger partial charge in [-0.2, -0.15) is 18.8 Å². The van der Waals surface area contributed by atoms with Gasteiger partial charge in [0.15, 0.2) is 5.49 Å². The Balaban J connectivity index is 2.15. The summed E-state index contributed by atoms with van der Waals surface area (Å²) in [6.45, 7) is -0.897. The molecule has 0 saturated heterocycles. The average molecular weight is 433 g/mol. The van der Waals surface area contributed by atoms with Crippen LogP contribution in [-0.2, 0) is 22.0 Å². The lowest BCUT2D eigenvalue weighted by molar-refractivity contribution is -0.120. The largest absolute Gasteiger partial charge is 0.427 e. The molecule has 0 bridgehead atoms. The molecule has 0 aliphatic rings. The topological polar surface area (TPSA) is 164 Å². The van der Waals surface area contributed by atoms with Crippen LogP contribution in [0.15, 0.2) is 52.6 Å². The maximum atomic E-state index is 14.3. The van der Waals surface area contributed by atoms with Gasteiger partial charge < -0.3 is 26.8 Å². The maximum Gasteiger partial charge on any atom is 0.292 e. The zero-order valence-electron chi connectivity index (χ0n) is 16.3. The Hall–Kier alpha value is -4.14. The van der Waals surface area contributed by atoms with Crippen LogP contribution in [0.4, 0.5) is 8.78 Å². The highest BCUT2D eigenvalue weighted by atomic mass is 19.3. The third-order valence-corrected chi connectivity index (χ3v) is 3.95. The number of alkyl halides is 2. The lowest BCUT2D eigenvalue weighted by atomic mass is 10.1. The van der Waals surface area contributed by atoms with Gasteiger partial charge in [-0.15, -0.1) is 0 Å². The van der Waals surface area contributed by atoms with Gasteiger partial charge in [0.05, 0.1) is 24.2 Å². The number of benzene rings is 1. The van der Waals surface area contributed by atoms with E-state index in [1.807, 2.05) is 6.07 Å². The number of oxime groups is 1. The second-order valence-corrected chi connectivity index (χ2v) is 6.24. The lowest BCUT2D eigenvalue weighted by Crippen LogP contribution is -2.32. The Morgan fingerprint density at radius 2 is 1.97 bits per heavy atom. The van der Waals surface area contributed by atoms with Crippen molar-refractivity contribution >= 4 is 11.9 Å². The van der Waals surface area contributed by atoms with Gasteiger partial charge in [-0.25, -0.2) is 0 Å². The van der Waals surface area contributed by atoms with Gasteiger partial charge >= 0.3 is 0 Å². The maximum absolute atomic E-state index is 14.3. The van der Waals surface area contributed by atoms with Crippen molar-refractivity contribution < 1.29 is 23.6 Å². The number of carbonyl (C=O) groups excluding carboxylic acids is 1. The number of halogens is 2. The number of guanidine groups is 1. The summed E-state index contributed by atoms with van der Waals surface area (Å²) < 4.78 is 29.1. The Morgan fingerprint density at radius 1 is 1.26 bits per heavy atom. The number of nitrogens with one attached hydrogen (secondary N) is 1. The Labute approximate surface area is 176 Å². The molecule has 1 aromatic carbocycles. The van der Waals surface area contributed by atoms with E-state index in [2.05, 4.69) is 15.5 Å². The first-order valence-electron chi connectivity index (χ1n) is 9.00. The van der Waals surface area contributed by atoms with Gasteiger partial charge in [-0.05, 0) is 17.3 Å². The summed E-state index contributed by atoms with van der Waals surface area (Å²) in [7, 11) is 0. The SMILES string of the molecule is N#Cc1ccc(=NCC(F)(F)c2ccccc2)n(O)c1CC(=O)NCCON=C(N)N. The van der Waals surface area contributed by atoms with E-state index < -0.39 is 24.8 Å². The first-order chi connectivity index (χ1) is 14.7. The van der Waals surface area contributed by atoms with Crippen molar-refractivity contribution in [3.63, 3.8) is 0 Å². The molecule has 31 heavy (non-hydrogen) atoms. The highest BCUT2D eigenvalue weighted by molar-refractivity contribution is 5.78. The minimum Gasteiger partial charge on any atom is -0.427 e. The summed E-state index contributed by atoms with van der Waals surface area (Å²) in [5.74, 6) is -4.10. The minimum atomic E-state index is -3.27. The molecule has 1 heterocycles. The van der Waals surface area contributed by atoms with Crippen LogP contribution in [0.25, 0.3) is 0 Å². The van der Waals surface area contributed by atoms with E-state index in [-0.39, 0.29) is 41.4 Å². The molecule has 0 fully saturated rings. The molecular weight excluding hydrogens is 412 g/mol.